The minimum atomic E-state index is -1.80. The Morgan fingerprint density at radius 1 is 1.59 bits per heavy atom. The fourth-order valence-corrected chi connectivity index (χ4v) is 1.69. The number of hydrogen-bond acceptors (Lipinski definition) is 6. The van der Waals surface area contributed by atoms with Gasteiger partial charge in [0.15, 0.2) is 5.60 Å². The molecule has 0 amide bonds. The van der Waals surface area contributed by atoms with Crippen LogP contribution in [0.5, 0.6) is 0 Å². The smallest absolute Gasteiger partial charge is 0.337 e. The lowest BCUT2D eigenvalue weighted by Crippen LogP contribution is -2.41. The second-order valence-electron chi connectivity index (χ2n) is 4.55. The van der Waals surface area contributed by atoms with Crippen LogP contribution in [0.1, 0.15) is 26.6 Å². The lowest BCUT2D eigenvalue weighted by molar-refractivity contribution is -0.155. The molecule has 0 spiro atoms. The summed E-state index contributed by atoms with van der Waals surface area (Å²) in [7, 11) is 0. The van der Waals surface area contributed by atoms with Crippen LogP contribution in [-0.4, -0.2) is 37.7 Å². The van der Waals surface area contributed by atoms with Gasteiger partial charge >= 0.3 is 5.97 Å². The van der Waals surface area contributed by atoms with Crippen LogP contribution in [0.2, 0.25) is 0 Å². The molecule has 1 aromatic heterocycles. The zero-order valence-electron chi connectivity index (χ0n) is 10.1. The van der Waals surface area contributed by atoms with Crippen molar-refractivity contribution >= 4 is 22.6 Å². The summed E-state index contributed by atoms with van der Waals surface area (Å²) < 4.78 is 4.14. The number of carbonyl (C=O) groups is 1. The molecule has 1 unspecified atom stereocenters. The van der Waals surface area contributed by atoms with Crippen LogP contribution in [0.25, 0.3) is 0 Å². The Hall–Kier alpha value is -1.21. The highest BCUT2D eigenvalue weighted by Crippen LogP contribution is 2.15. The lowest BCUT2D eigenvalue weighted by atomic mass is 10.1. The summed E-state index contributed by atoms with van der Waals surface area (Å²) in [6.45, 7) is 5.28. The molecule has 1 atom stereocenters. The maximum absolute atomic E-state index is 10.7. The molecule has 7 heteroatoms. The van der Waals surface area contributed by atoms with Crippen LogP contribution in [0.4, 0.5) is 5.13 Å². The highest BCUT2D eigenvalue weighted by molar-refractivity contribution is 7.09. The van der Waals surface area contributed by atoms with Crippen LogP contribution < -0.4 is 5.32 Å². The Balaban J connectivity index is 2.53. The number of hydrogen-bond donors (Lipinski definition) is 3. The van der Waals surface area contributed by atoms with Gasteiger partial charge in [0.1, 0.15) is 5.82 Å². The monoisotopic (exact) mass is 259 g/mol. The van der Waals surface area contributed by atoms with Crippen molar-refractivity contribution in [3.8, 4) is 0 Å². The number of nitrogens with zero attached hydrogens (tertiary/aromatic N) is 2. The Bertz CT molecular complexity index is 390. The second kappa shape index (κ2) is 5.42. The van der Waals surface area contributed by atoms with E-state index in [1.165, 1.54) is 18.5 Å². The summed E-state index contributed by atoms with van der Waals surface area (Å²) in [6.07, 6.45) is 0.785. The minimum Gasteiger partial charge on any atom is -0.479 e. The molecule has 6 nitrogen and oxygen atoms in total. The van der Waals surface area contributed by atoms with Crippen molar-refractivity contribution in [3.05, 3.63) is 5.82 Å². The Kier molecular flexibility index (Phi) is 4.41. The number of carboxylic acid groups (broad SMARTS) is 1. The molecular weight excluding hydrogens is 242 g/mol. The number of anilines is 1. The van der Waals surface area contributed by atoms with Gasteiger partial charge < -0.3 is 15.5 Å². The van der Waals surface area contributed by atoms with Crippen molar-refractivity contribution in [3.63, 3.8) is 0 Å². The largest absolute Gasteiger partial charge is 0.479 e. The SMILES string of the molecule is CC(C)Cc1nsc(NCC(C)(O)C(=O)O)n1. The number of aromatic nitrogens is 2. The van der Waals surface area contributed by atoms with E-state index in [9.17, 15) is 9.90 Å². The van der Waals surface area contributed by atoms with Crippen molar-refractivity contribution in [1.82, 2.24) is 9.36 Å². The van der Waals surface area contributed by atoms with E-state index in [1.807, 2.05) is 0 Å². The topological polar surface area (TPSA) is 95.3 Å². The number of rotatable bonds is 6. The predicted molar refractivity (Wildman–Crippen MR) is 65.2 cm³/mol. The summed E-state index contributed by atoms with van der Waals surface area (Å²) in [5.41, 5.74) is -1.80. The van der Waals surface area contributed by atoms with Crippen LogP contribution in [0.3, 0.4) is 0 Å². The number of aliphatic carboxylic acids is 1. The van der Waals surface area contributed by atoms with Gasteiger partial charge in [0.05, 0.1) is 6.54 Å². The van der Waals surface area contributed by atoms with Crippen LogP contribution in [0.15, 0.2) is 0 Å². The first-order valence-electron chi connectivity index (χ1n) is 5.33. The molecule has 1 heterocycles. The standard InChI is InChI=1S/C10H17N3O3S/c1-6(2)4-7-12-9(17-13-7)11-5-10(3,16)8(14)15/h6,16H,4-5H2,1-3H3,(H,14,15)(H,11,12,13). The van der Waals surface area contributed by atoms with Crippen LogP contribution >= 0.6 is 11.5 Å². The normalized spacial score (nSPS) is 14.6. The summed E-state index contributed by atoms with van der Waals surface area (Å²) in [5, 5.41) is 21.5. The minimum absolute atomic E-state index is 0.0986. The van der Waals surface area contributed by atoms with Crippen molar-refractivity contribution in [2.75, 3.05) is 11.9 Å². The van der Waals surface area contributed by atoms with Crippen molar-refractivity contribution in [2.45, 2.75) is 32.8 Å². The molecule has 0 fully saturated rings. The van der Waals surface area contributed by atoms with Gasteiger partial charge in [0.25, 0.3) is 0 Å². The molecular formula is C10H17N3O3S. The third kappa shape index (κ3) is 4.27. The van der Waals surface area contributed by atoms with Crippen LogP contribution in [0, 0.1) is 5.92 Å². The molecule has 0 saturated heterocycles. The molecule has 96 valence electrons. The number of carboxylic acids is 1. The van der Waals surface area contributed by atoms with Gasteiger partial charge in [-0.25, -0.2) is 9.78 Å². The van der Waals surface area contributed by atoms with E-state index in [2.05, 4.69) is 28.5 Å². The molecule has 3 N–H and O–H groups in total. The van der Waals surface area contributed by atoms with Crippen molar-refractivity contribution < 1.29 is 15.0 Å². The second-order valence-corrected chi connectivity index (χ2v) is 5.30. The first-order chi connectivity index (χ1) is 7.81. The zero-order valence-corrected chi connectivity index (χ0v) is 10.9. The average Bonchev–Trinajstić information content (AvgIpc) is 2.61. The summed E-state index contributed by atoms with van der Waals surface area (Å²) >= 11 is 1.17. The van der Waals surface area contributed by atoms with E-state index in [4.69, 9.17) is 5.11 Å². The van der Waals surface area contributed by atoms with Gasteiger partial charge in [0.2, 0.25) is 5.13 Å². The van der Waals surface area contributed by atoms with Crippen molar-refractivity contribution in [1.29, 1.82) is 0 Å². The van der Waals surface area contributed by atoms with E-state index in [0.29, 0.717) is 11.0 Å². The molecule has 1 aromatic rings. The Morgan fingerprint density at radius 3 is 2.76 bits per heavy atom. The van der Waals surface area contributed by atoms with Crippen LogP contribution in [-0.2, 0) is 11.2 Å². The molecule has 1 rings (SSSR count). The lowest BCUT2D eigenvalue weighted by Gasteiger charge is -2.17. The van der Waals surface area contributed by atoms with E-state index < -0.39 is 11.6 Å². The third-order valence-corrected chi connectivity index (χ3v) is 2.81. The van der Waals surface area contributed by atoms with Gasteiger partial charge in [-0.3, -0.25) is 0 Å². The van der Waals surface area contributed by atoms with E-state index >= 15 is 0 Å². The van der Waals surface area contributed by atoms with Gasteiger partial charge in [0, 0.05) is 18.0 Å². The molecule has 0 aliphatic rings. The van der Waals surface area contributed by atoms with E-state index in [0.717, 1.165) is 12.2 Å². The molecule has 0 bridgehead atoms. The van der Waals surface area contributed by atoms with Gasteiger partial charge in [-0.2, -0.15) is 4.37 Å². The third-order valence-electron chi connectivity index (χ3n) is 2.10. The average molecular weight is 259 g/mol. The summed E-state index contributed by atoms with van der Waals surface area (Å²) in [5.74, 6) is -0.0565. The molecule has 0 aliphatic carbocycles. The molecule has 17 heavy (non-hydrogen) atoms. The van der Waals surface area contributed by atoms with Crippen molar-refractivity contribution in [2.24, 2.45) is 5.92 Å². The predicted octanol–water partition coefficient (Wildman–Crippen LogP) is 0.984. The number of nitrogens with one attached hydrogen (secondary N) is 1. The highest BCUT2D eigenvalue weighted by Gasteiger charge is 2.29. The van der Waals surface area contributed by atoms with Gasteiger partial charge in [-0.05, 0) is 12.8 Å². The fraction of sp³-hybridized carbons (Fsp3) is 0.700. The number of aliphatic hydroxyl groups is 1. The van der Waals surface area contributed by atoms with Gasteiger partial charge in [-0.1, -0.05) is 13.8 Å². The highest BCUT2D eigenvalue weighted by atomic mass is 32.1. The van der Waals surface area contributed by atoms with E-state index in [1.54, 1.807) is 0 Å². The molecule has 0 saturated carbocycles. The zero-order chi connectivity index (χ0) is 13.1. The quantitative estimate of drug-likeness (QED) is 0.705. The maximum Gasteiger partial charge on any atom is 0.337 e. The first-order valence-corrected chi connectivity index (χ1v) is 6.11. The molecule has 0 radical (unpaired) electrons. The Labute approximate surface area is 104 Å². The Morgan fingerprint density at radius 2 is 2.24 bits per heavy atom. The molecule has 0 aromatic carbocycles. The summed E-state index contributed by atoms with van der Waals surface area (Å²) in [6, 6.07) is 0. The fourth-order valence-electron chi connectivity index (χ4n) is 1.10. The van der Waals surface area contributed by atoms with Gasteiger partial charge in [-0.15, -0.1) is 0 Å². The molecule has 0 aliphatic heterocycles. The summed E-state index contributed by atoms with van der Waals surface area (Å²) in [4.78, 5) is 14.9. The first kappa shape index (κ1) is 13.9. The van der Waals surface area contributed by atoms with E-state index in [-0.39, 0.29) is 6.54 Å². The maximum atomic E-state index is 10.7.